The van der Waals surface area contributed by atoms with Crippen LogP contribution in [0.1, 0.15) is 46.1 Å². The van der Waals surface area contributed by atoms with Crippen molar-refractivity contribution < 1.29 is 14.3 Å². The lowest BCUT2D eigenvalue weighted by Crippen LogP contribution is -2.34. The highest BCUT2D eigenvalue weighted by Crippen LogP contribution is 2.26. The lowest BCUT2D eigenvalue weighted by molar-refractivity contribution is 0.0532. The molecule has 1 atom stereocenters. The molecule has 0 radical (unpaired) electrons. The minimum Gasteiger partial charge on any atom is -0.494 e. The molecule has 1 aromatic rings. The number of carbonyl (C=O) groups is 1. The quantitative estimate of drug-likeness (QED) is 0.807. The van der Waals surface area contributed by atoms with Crippen LogP contribution >= 0.6 is 11.6 Å². The average Bonchev–Trinajstić information content (AvgIpc) is 2.47. The third kappa shape index (κ3) is 6.95. The monoisotopic (exact) mass is 339 g/mol. The van der Waals surface area contributed by atoms with E-state index >= 15 is 0 Å². The third-order valence-corrected chi connectivity index (χ3v) is 3.50. The molecule has 128 valence electrons. The predicted octanol–water partition coefficient (Wildman–Crippen LogP) is 4.84. The maximum atomic E-state index is 11.7. The van der Waals surface area contributed by atoms with Gasteiger partial charge in [0.15, 0.2) is 0 Å². The second-order valence-corrected chi connectivity index (χ2v) is 6.48. The summed E-state index contributed by atoms with van der Waals surface area (Å²) >= 11 is 5.93. The van der Waals surface area contributed by atoms with Crippen molar-refractivity contribution >= 4 is 17.7 Å². The number of rotatable bonds is 6. The number of nitrogens with one attached hydrogen (secondary N) is 1. The molecule has 0 saturated heterocycles. The number of carbonyl (C=O) groups excluding carboxylic acids is 1. The van der Waals surface area contributed by atoms with Gasteiger partial charge in [-0.3, -0.25) is 0 Å². The molecule has 0 saturated carbocycles. The number of amides is 1. The molecule has 4 nitrogen and oxygen atoms in total. The van der Waals surface area contributed by atoms with Crippen molar-refractivity contribution in [3.63, 3.8) is 0 Å². The van der Waals surface area contributed by atoms with Crippen LogP contribution in [0, 0.1) is 0 Å². The fourth-order valence-electron chi connectivity index (χ4n) is 2.01. The Balaban J connectivity index is 2.65. The minimum atomic E-state index is -0.518. The summed E-state index contributed by atoms with van der Waals surface area (Å²) in [6.45, 7) is 10.5. The van der Waals surface area contributed by atoms with Crippen LogP contribution in [0.15, 0.2) is 35.4 Å². The predicted molar refractivity (Wildman–Crippen MR) is 94.2 cm³/mol. The zero-order valence-electron chi connectivity index (χ0n) is 14.5. The van der Waals surface area contributed by atoms with Crippen LogP contribution in [0.2, 0.25) is 0 Å². The molecule has 1 N–H and O–H groups in total. The molecule has 0 aliphatic rings. The zero-order chi connectivity index (χ0) is 17.5. The van der Waals surface area contributed by atoms with Crippen molar-refractivity contribution in [1.82, 2.24) is 5.32 Å². The second-order valence-electron chi connectivity index (χ2n) is 6.26. The maximum Gasteiger partial charge on any atom is 0.407 e. The van der Waals surface area contributed by atoms with Crippen molar-refractivity contribution in [2.45, 2.75) is 46.1 Å². The molecule has 1 rings (SSSR count). The van der Waals surface area contributed by atoms with Gasteiger partial charge in [-0.25, -0.2) is 4.79 Å². The maximum absolute atomic E-state index is 11.7. The summed E-state index contributed by atoms with van der Waals surface area (Å²) in [5.41, 5.74) is 3.00. The first kappa shape index (κ1) is 19.4. The molecule has 0 aromatic heterocycles. The summed E-state index contributed by atoms with van der Waals surface area (Å²) in [6, 6.07) is 7.87. The van der Waals surface area contributed by atoms with E-state index in [0.29, 0.717) is 13.2 Å². The Morgan fingerprint density at radius 3 is 2.39 bits per heavy atom. The van der Waals surface area contributed by atoms with Crippen LogP contribution in [-0.4, -0.2) is 24.8 Å². The van der Waals surface area contributed by atoms with Crippen molar-refractivity contribution in [1.29, 1.82) is 0 Å². The molecule has 1 unspecified atom stereocenters. The van der Waals surface area contributed by atoms with Crippen molar-refractivity contribution in [3.8, 4) is 5.75 Å². The Hall–Kier alpha value is -1.68. The standard InChI is InChI=1S/C18H26ClNO3/c1-6-22-16-9-7-14(8-10-16)13(2)15(11-19)12-20-17(21)23-18(3,4)5/h7-11,13H,6,12H2,1-5H3,(H,20,21)/b15-11-. The number of halogens is 1. The summed E-state index contributed by atoms with van der Waals surface area (Å²) < 4.78 is 10.7. The Kier molecular flexibility index (Phi) is 7.43. The van der Waals surface area contributed by atoms with Gasteiger partial charge >= 0.3 is 6.09 Å². The van der Waals surface area contributed by atoms with Crippen LogP contribution in [0.5, 0.6) is 5.75 Å². The van der Waals surface area contributed by atoms with Crippen molar-refractivity contribution in [3.05, 3.63) is 40.9 Å². The molecule has 0 heterocycles. The lowest BCUT2D eigenvalue weighted by Gasteiger charge is -2.21. The van der Waals surface area contributed by atoms with Crippen molar-refractivity contribution in [2.24, 2.45) is 0 Å². The van der Waals surface area contributed by atoms with Gasteiger partial charge in [-0.15, -0.1) is 0 Å². The van der Waals surface area contributed by atoms with E-state index in [1.807, 2.05) is 58.9 Å². The van der Waals surface area contributed by atoms with E-state index in [0.717, 1.165) is 16.9 Å². The fraction of sp³-hybridized carbons (Fsp3) is 0.500. The first-order valence-electron chi connectivity index (χ1n) is 7.75. The highest BCUT2D eigenvalue weighted by atomic mass is 35.5. The summed E-state index contributed by atoms with van der Waals surface area (Å²) in [5, 5.41) is 2.73. The van der Waals surface area contributed by atoms with E-state index in [-0.39, 0.29) is 5.92 Å². The van der Waals surface area contributed by atoms with Gasteiger partial charge in [-0.2, -0.15) is 0 Å². The molecule has 0 spiro atoms. The fourth-order valence-corrected chi connectivity index (χ4v) is 2.27. The van der Waals surface area contributed by atoms with Crippen molar-refractivity contribution in [2.75, 3.05) is 13.2 Å². The molecule has 0 aliphatic carbocycles. The highest BCUT2D eigenvalue weighted by molar-refractivity contribution is 6.25. The summed E-state index contributed by atoms with van der Waals surface area (Å²) in [6.07, 6.45) is -0.451. The highest BCUT2D eigenvalue weighted by Gasteiger charge is 2.17. The Morgan fingerprint density at radius 1 is 1.30 bits per heavy atom. The van der Waals surface area contributed by atoms with E-state index in [1.54, 1.807) is 0 Å². The number of hydrogen-bond acceptors (Lipinski definition) is 3. The van der Waals surface area contributed by atoms with Gasteiger partial charge in [-0.05, 0) is 51.0 Å². The van der Waals surface area contributed by atoms with Gasteiger partial charge in [0.1, 0.15) is 11.4 Å². The topological polar surface area (TPSA) is 47.6 Å². The first-order valence-corrected chi connectivity index (χ1v) is 8.19. The van der Waals surface area contributed by atoms with Gasteiger partial charge < -0.3 is 14.8 Å². The summed E-state index contributed by atoms with van der Waals surface area (Å²) in [4.78, 5) is 11.7. The molecule has 1 aromatic carbocycles. The smallest absolute Gasteiger partial charge is 0.407 e. The molecule has 0 bridgehead atoms. The van der Waals surface area contributed by atoms with E-state index < -0.39 is 11.7 Å². The van der Waals surface area contributed by atoms with E-state index in [9.17, 15) is 4.79 Å². The van der Waals surface area contributed by atoms with Gasteiger partial charge in [0, 0.05) is 18.0 Å². The second kappa shape index (κ2) is 8.82. The number of hydrogen-bond donors (Lipinski definition) is 1. The molecule has 23 heavy (non-hydrogen) atoms. The van der Waals surface area contributed by atoms with Gasteiger partial charge in [0.2, 0.25) is 0 Å². The van der Waals surface area contributed by atoms with Crippen LogP contribution in [0.3, 0.4) is 0 Å². The van der Waals surface area contributed by atoms with Gasteiger partial charge in [0.25, 0.3) is 0 Å². The molecule has 1 amide bonds. The van der Waals surface area contributed by atoms with E-state index in [1.165, 1.54) is 5.54 Å². The number of ether oxygens (including phenoxy) is 2. The molecule has 5 heteroatoms. The van der Waals surface area contributed by atoms with Gasteiger partial charge in [0.05, 0.1) is 6.61 Å². The molecule has 0 aliphatic heterocycles. The lowest BCUT2D eigenvalue weighted by atomic mass is 9.94. The Bertz CT molecular complexity index is 532. The van der Waals surface area contributed by atoms with E-state index in [2.05, 4.69) is 5.32 Å². The minimum absolute atomic E-state index is 0.0816. The normalized spacial score (nSPS) is 13.4. The SMILES string of the molecule is CCOc1ccc(C(C)/C(=C\Cl)CNC(=O)OC(C)(C)C)cc1. The molecular formula is C18H26ClNO3. The summed E-state index contributed by atoms with van der Waals surface area (Å²) in [7, 11) is 0. The molecular weight excluding hydrogens is 314 g/mol. The van der Waals surface area contributed by atoms with Crippen LogP contribution in [0.25, 0.3) is 0 Å². The number of alkyl carbamates (subject to hydrolysis) is 1. The van der Waals surface area contributed by atoms with Gasteiger partial charge in [-0.1, -0.05) is 30.7 Å². The Labute approximate surface area is 143 Å². The Morgan fingerprint density at radius 2 is 1.91 bits per heavy atom. The zero-order valence-corrected chi connectivity index (χ0v) is 15.2. The molecule has 0 fully saturated rings. The first-order chi connectivity index (χ1) is 10.8. The van der Waals surface area contributed by atoms with Crippen LogP contribution < -0.4 is 10.1 Å². The van der Waals surface area contributed by atoms with Crippen LogP contribution in [0.4, 0.5) is 4.79 Å². The van der Waals surface area contributed by atoms with Crippen LogP contribution in [-0.2, 0) is 4.74 Å². The van der Waals surface area contributed by atoms with E-state index in [4.69, 9.17) is 21.1 Å². The average molecular weight is 340 g/mol. The largest absolute Gasteiger partial charge is 0.494 e. The number of benzene rings is 1. The summed E-state index contributed by atoms with van der Waals surface area (Å²) in [5.74, 6) is 0.921. The third-order valence-electron chi connectivity index (χ3n) is 3.22.